The van der Waals surface area contributed by atoms with Crippen LogP contribution < -0.4 is 5.32 Å². The number of rotatable bonds is 6. The molecule has 0 saturated carbocycles. The number of nitrogens with zero attached hydrogens (tertiary/aromatic N) is 2. The van der Waals surface area contributed by atoms with E-state index in [1.165, 1.54) is 4.90 Å². The van der Waals surface area contributed by atoms with Gasteiger partial charge in [-0.25, -0.2) is 8.78 Å². The molecule has 0 bridgehead atoms. The van der Waals surface area contributed by atoms with E-state index in [0.717, 1.165) is 0 Å². The van der Waals surface area contributed by atoms with E-state index in [2.05, 4.69) is 11.4 Å². The maximum atomic E-state index is 12.0. The van der Waals surface area contributed by atoms with E-state index in [0.29, 0.717) is 13.1 Å². The molecule has 0 saturated heterocycles. The topological polar surface area (TPSA) is 39.1 Å². The second-order valence-electron chi connectivity index (χ2n) is 3.56. The second kappa shape index (κ2) is 5.89. The number of alkyl halides is 2. The molecule has 0 aliphatic carbocycles. The lowest BCUT2D eigenvalue weighted by atomic mass is 10.0. The lowest BCUT2D eigenvalue weighted by Crippen LogP contribution is -2.50. The molecule has 14 heavy (non-hydrogen) atoms. The Morgan fingerprint density at radius 3 is 2.50 bits per heavy atom. The van der Waals surface area contributed by atoms with Gasteiger partial charge in [-0.2, -0.15) is 5.26 Å². The van der Waals surface area contributed by atoms with Crippen molar-refractivity contribution in [3.63, 3.8) is 0 Å². The largest absolute Gasteiger partial charge is 0.299 e. The third kappa shape index (κ3) is 5.10. The van der Waals surface area contributed by atoms with Gasteiger partial charge >= 0.3 is 0 Å². The normalized spacial score (nSPS) is 15.6. The highest BCUT2D eigenvalue weighted by atomic mass is 19.3. The Morgan fingerprint density at radius 1 is 1.57 bits per heavy atom. The molecule has 0 aliphatic rings. The Labute approximate surface area is 83.7 Å². The predicted molar refractivity (Wildman–Crippen MR) is 51.2 cm³/mol. The van der Waals surface area contributed by atoms with Crippen LogP contribution in [0.3, 0.4) is 0 Å². The van der Waals surface area contributed by atoms with Crippen LogP contribution in [0.1, 0.15) is 13.8 Å². The van der Waals surface area contributed by atoms with Gasteiger partial charge in [-0.15, -0.1) is 0 Å². The minimum atomic E-state index is -2.36. The van der Waals surface area contributed by atoms with Crippen molar-refractivity contribution in [2.24, 2.45) is 0 Å². The summed E-state index contributed by atoms with van der Waals surface area (Å²) in [6, 6.07) is 2.09. The first kappa shape index (κ1) is 13.3. The summed E-state index contributed by atoms with van der Waals surface area (Å²) in [7, 11) is 1.58. The minimum Gasteiger partial charge on any atom is -0.299 e. The molecule has 0 aromatic heterocycles. The zero-order valence-corrected chi connectivity index (χ0v) is 8.85. The molecule has 0 rings (SSSR count). The summed E-state index contributed by atoms with van der Waals surface area (Å²) in [5, 5.41) is 11.8. The first-order valence-corrected chi connectivity index (χ1v) is 4.56. The van der Waals surface area contributed by atoms with Crippen LogP contribution in [0.15, 0.2) is 0 Å². The van der Waals surface area contributed by atoms with Gasteiger partial charge in [0.2, 0.25) is 0 Å². The zero-order valence-electron chi connectivity index (χ0n) is 8.85. The van der Waals surface area contributed by atoms with Crippen LogP contribution in [-0.2, 0) is 0 Å². The summed E-state index contributed by atoms with van der Waals surface area (Å²) in [4.78, 5) is 1.45. The van der Waals surface area contributed by atoms with E-state index < -0.39 is 12.0 Å². The third-order valence-electron chi connectivity index (χ3n) is 1.85. The molecule has 0 heterocycles. The molecule has 0 aromatic rings. The SMILES string of the molecule is CCNC(C)(C#N)CN(C)CC(F)F. The van der Waals surface area contributed by atoms with Crippen molar-refractivity contribution in [3.05, 3.63) is 0 Å². The maximum absolute atomic E-state index is 12.0. The zero-order chi connectivity index (χ0) is 11.2. The van der Waals surface area contributed by atoms with Gasteiger partial charge < -0.3 is 0 Å². The van der Waals surface area contributed by atoms with Gasteiger partial charge in [-0.05, 0) is 20.5 Å². The average molecular weight is 205 g/mol. The van der Waals surface area contributed by atoms with Crippen molar-refractivity contribution in [3.8, 4) is 6.07 Å². The van der Waals surface area contributed by atoms with E-state index in [1.54, 1.807) is 14.0 Å². The van der Waals surface area contributed by atoms with Crippen LogP contribution in [0.4, 0.5) is 8.78 Å². The number of likely N-dealkylation sites (N-methyl/N-ethyl adjacent to an activating group) is 2. The molecule has 0 fully saturated rings. The third-order valence-corrected chi connectivity index (χ3v) is 1.85. The molecule has 1 atom stereocenters. The standard InChI is InChI=1S/C9H17F2N3/c1-4-13-9(2,6-12)7-14(3)5-8(10)11/h8,13H,4-5,7H2,1-3H3. The molecule has 0 spiro atoms. The van der Waals surface area contributed by atoms with E-state index in [9.17, 15) is 8.78 Å². The van der Waals surface area contributed by atoms with E-state index in [-0.39, 0.29) is 6.54 Å². The van der Waals surface area contributed by atoms with E-state index in [1.807, 2.05) is 6.92 Å². The first-order valence-electron chi connectivity index (χ1n) is 4.56. The monoisotopic (exact) mass is 205 g/mol. The first-order chi connectivity index (χ1) is 6.43. The number of hydrogen-bond acceptors (Lipinski definition) is 3. The average Bonchev–Trinajstić information content (AvgIpc) is 2.02. The minimum absolute atomic E-state index is 0.293. The molecule has 0 amide bonds. The van der Waals surface area contributed by atoms with Crippen LogP contribution in [0.25, 0.3) is 0 Å². The summed E-state index contributed by atoms with van der Waals surface area (Å²) >= 11 is 0. The summed E-state index contributed by atoms with van der Waals surface area (Å²) in [5.74, 6) is 0. The lowest BCUT2D eigenvalue weighted by Gasteiger charge is -2.28. The molecule has 1 unspecified atom stereocenters. The Hall–Kier alpha value is -0.730. The molecule has 0 aromatic carbocycles. The van der Waals surface area contributed by atoms with Gasteiger partial charge in [-0.3, -0.25) is 10.2 Å². The summed E-state index contributed by atoms with van der Waals surface area (Å²) < 4.78 is 24.0. The van der Waals surface area contributed by atoms with Gasteiger partial charge in [0.25, 0.3) is 6.43 Å². The summed E-state index contributed by atoms with van der Waals surface area (Å²) in [6.07, 6.45) is -2.36. The number of halogens is 2. The Bertz CT molecular complexity index is 203. The highest BCUT2D eigenvalue weighted by Crippen LogP contribution is 2.05. The maximum Gasteiger partial charge on any atom is 0.251 e. The summed E-state index contributed by atoms with van der Waals surface area (Å²) in [5.41, 5.74) is -0.752. The van der Waals surface area contributed by atoms with Gasteiger partial charge in [0.05, 0.1) is 12.6 Å². The Morgan fingerprint density at radius 2 is 2.14 bits per heavy atom. The van der Waals surface area contributed by atoms with Crippen LogP contribution >= 0.6 is 0 Å². The quantitative estimate of drug-likeness (QED) is 0.705. The Kier molecular flexibility index (Phi) is 5.58. The van der Waals surface area contributed by atoms with Gasteiger partial charge in [0.1, 0.15) is 5.54 Å². The second-order valence-corrected chi connectivity index (χ2v) is 3.56. The van der Waals surface area contributed by atoms with Crippen molar-refractivity contribution >= 4 is 0 Å². The highest BCUT2D eigenvalue weighted by Gasteiger charge is 2.25. The molecular weight excluding hydrogens is 188 g/mol. The molecule has 0 aliphatic heterocycles. The van der Waals surface area contributed by atoms with Gasteiger partial charge in [0, 0.05) is 6.54 Å². The molecule has 3 nitrogen and oxygen atoms in total. The number of nitriles is 1. The Balaban J connectivity index is 4.11. The van der Waals surface area contributed by atoms with Crippen molar-refractivity contribution < 1.29 is 8.78 Å². The summed E-state index contributed by atoms with van der Waals surface area (Å²) in [6.45, 7) is 4.22. The van der Waals surface area contributed by atoms with Gasteiger partial charge in [0.15, 0.2) is 0 Å². The molecule has 1 N–H and O–H groups in total. The van der Waals surface area contributed by atoms with Crippen molar-refractivity contribution in [1.82, 2.24) is 10.2 Å². The molecule has 82 valence electrons. The predicted octanol–water partition coefficient (Wildman–Crippen LogP) is 1.08. The fraction of sp³-hybridized carbons (Fsp3) is 0.889. The van der Waals surface area contributed by atoms with Gasteiger partial charge in [-0.1, -0.05) is 6.92 Å². The van der Waals surface area contributed by atoms with Crippen molar-refractivity contribution in [2.45, 2.75) is 25.8 Å². The number of nitrogens with one attached hydrogen (secondary N) is 1. The van der Waals surface area contributed by atoms with E-state index in [4.69, 9.17) is 5.26 Å². The molecule has 0 radical (unpaired) electrons. The smallest absolute Gasteiger partial charge is 0.251 e. The van der Waals surface area contributed by atoms with Crippen LogP contribution in [0.2, 0.25) is 0 Å². The lowest BCUT2D eigenvalue weighted by molar-refractivity contribution is 0.0924. The van der Waals surface area contributed by atoms with Crippen LogP contribution in [0, 0.1) is 11.3 Å². The van der Waals surface area contributed by atoms with Crippen molar-refractivity contribution in [1.29, 1.82) is 5.26 Å². The van der Waals surface area contributed by atoms with Crippen LogP contribution in [0.5, 0.6) is 0 Å². The fourth-order valence-corrected chi connectivity index (χ4v) is 1.36. The van der Waals surface area contributed by atoms with Crippen molar-refractivity contribution in [2.75, 3.05) is 26.7 Å². The highest BCUT2D eigenvalue weighted by molar-refractivity contribution is 5.05. The van der Waals surface area contributed by atoms with E-state index >= 15 is 0 Å². The molecule has 5 heteroatoms. The number of hydrogen-bond donors (Lipinski definition) is 1. The van der Waals surface area contributed by atoms with Crippen LogP contribution in [-0.4, -0.2) is 43.5 Å². The molecular formula is C9H17F2N3. The fourth-order valence-electron chi connectivity index (χ4n) is 1.36.